The van der Waals surface area contributed by atoms with Gasteiger partial charge in [0.15, 0.2) is 0 Å². The van der Waals surface area contributed by atoms with E-state index < -0.39 is 5.60 Å². The molecule has 1 saturated heterocycles. The minimum atomic E-state index is -0.404. The van der Waals surface area contributed by atoms with Gasteiger partial charge >= 0.3 is 6.09 Å². The number of ether oxygens (including phenoxy) is 1. The Morgan fingerprint density at radius 3 is 2.41 bits per heavy atom. The van der Waals surface area contributed by atoms with Gasteiger partial charge in [-0.3, -0.25) is 0 Å². The van der Waals surface area contributed by atoms with Crippen LogP contribution in [0.1, 0.15) is 40.5 Å². The molecule has 1 fully saturated rings. The second kappa shape index (κ2) is 6.24. The number of hydrogen-bond acceptors (Lipinski definition) is 3. The van der Waals surface area contributed by atoms with E-state index in [1.807, 2.05) is 32.6 Å². The summed E-state index contributed by atoms with van der Waals surface area (Å²) in [5.74, 6) is 0.615. The Morgan fingerprint density at radius 2 is 1.94 bits per heavy atom. The molecule has 0 radical (unpaired) electrons. The summed E-state index contributed by atoms with van der Waals surface area (Å²) in [4.78, 5) is 13.8. The zero-order valence-corrected chi connectivity index (χ0v) is 11.6. The van der Waals surface area contributed by atoms with Crippen molar-refractivity contribution in [3.63, 3.8) is 0 Å². The van der Waals surface area contributed by atoms with E-state index in [-0.39, 0.29) is 6.09 Å². The molecular weight excluding hydrogens is 216 g/mol. The normalized spacial score (nSPS) is 17.9. The lowest BCUT2D eigenvalue weighted by Gasteiger charge is -2.31. The summed E-state index contributed by atoms with van der Waals surface area (Å²) in [6.45, 7) is 11.4. The average Bonchev–Trinajstić information content (AvgIpc) is 2.24. The van der Waals surface area contributed by atoms with Gasteiger partial charge in [-0.25, -0.2) is 4.79 Å². The van der Waals surface area contributed by atoms with Gasteiger partial charge in [0.25, 0.3) is 0 Å². The highest BCUT2D eigenvalue weighted by Crippen LogP contribution is 2.16. The topological polar surface area (TPSA) is 41.6 Å². The molecule has 100 valence electrons. The molecule has 0 spiro atoms. The molecule has 1 amide bonds. The van der Waals surface area contributed by atoms with E-state index in [2.05, 4.69) is 5.32 Å². The van der Waals surface area contributed by atoms with Crippen molar-refractivity contribution < 1.29 is 9.53 Å². The Balaban J connectivity index is 2.43. The lowest BCUT2D eigenvalue weighted by atomic mass is 9.98. The summed E-state index contributed by atoms with van der Waals surface area (Å²) in [5, 5.41) is 3.34. The molecule has 0 aromatic heterocycles. The summed E-state index contributed by atoms with van der Waals surface area (Å²) in [5.41, 5.74) is -0.404. The van der Waals surface area contributed by atoms with Crippen LogP contribution in [-0.2, 0) is 4.74 Å². The van der Waals surface area contributed by atoms with Gasteiger partial charge in [0.1, 0.15) is 5.60 Å². The molecule has 1 aliphatic heterocycles. The van der Waals surface area contributed by atoms with Crippen LogP contribution in [0.15, 0.2) is 0 Å². The molecule has 4 heteroatoms. The first kappa shape index (κ1) is 14.3. The van der Waals surface area contributed by atoms with Gasteiger partial charge in [0.2, 0.25) is 0 Å². The number of hydrogen-bond donors (Lipinski definition) is 1. The Labute approximate surface area is 105 Å². The Morgan fingerprint density at radius 1 is 1.35 bits per heavy atom. The van der Waals surface area contributed by atoms with Crippen LogP contribution in [0.3, 0.4) is 0 Å². The van der Waals surface area contributed by atoms with Gasteiger partial charge in [-0.2, -0.15) is 0 Å². The fourth-order valence-electron chi connectivity index (χ4n) is 2.04. The molecule has 0 aromatic carbocycles. The summed E-state index contributed by atoms with van der Waals surface area (Å²) in [6, 6.07) is 0. The fourth-order valence-corrected chi connectivity index (χ4v) is 2.04. The third kappa shape index (κ3) is 5.39. The van der Waals surface area contributed by atoms with Crippen LogP contribution in [0.4, 0.5) is 4.79 Å². The van der Waals surface area contributed by atoms with Gasteiger partial charge in [-0.1, -0.05) is 0 Å². The highest BCUT2D eigenvalue weighted by Gasteiger charge is 2.24. The highest BCUT2D eigenvalue weighted by molar-refractivity contribution is 5.68. The van der Waals surface area contributed by atoms with Crippen LogP contribution in [0.25, 0.3) is 0 Å². The van der Waals surface area contributed by atoms with Gasteiger partial charge in [0, 0.05) is 13.1 Å². The van der Waals surface area contributed by atoms with Gasteiger partial charge in [0.05, 0.1) is 0 Å². The van der Waals surface area contributed by atoms with E-state index in [9.17, 15) is 4.79 Å². The summed E-state index contributed by atoms with van der Waals surface area (Å²) < 4.78 is 5.40. The molecule has 1 aliphatic rings. The number of carbonyl (C=O) groups excluding carboxylic acids is 1. The van der Waals surface area contributed by atoms with Crippen molar-refractivity contribution in [2.24, 2.45) is 5.92 Å². The SMILES string of the molecule is CCN(CC1CCNCC1)C(=O)OC(C)(C)C. The summed E-state index contributed by atoms with van der Waals surface area (Å²) in [6.07, 6.45) is 2.12. The first-order valence-corrected chi connectivity index (χ1v) is 6.61. The van der Waals surface area contributed by atoms with Crippen molar-refractivity contribution in [1.82, 2.24) is 10.2 Å². The van der Waals surface area contributed by atoms with Gasteiger partial charge in [-0.15, -0.1) is 0 Å². The predicted molar refractivity (Wildman–Crippen MR) is 69.1 cm³/mol. The highest BCUT2D eigenvalue weighted by atomic mass is 16.6. The summed E-state index contributed by atoms with van der Waals surface area (Å²) >= 11 is 0. The molecule has 0 atom stereocenters. The number of nitrogens with zero attached hydrogens (tertiary/aromatic N) is 1. The van der Waals surface area contributed by atoms with E-state index in [1.54, 1.807) is 0 Å². The molecule has 17 heavy (non-hydrogen) atoms. The van der Waals surface area contributed by atoms with E-state index in [4.69, 9.17) is 4.74 Å². The van der Waals surface area contributed by atoms with E-state index in [0.29, 0.717) is 5.92 Å². The third-order valence-electron chi connectivity index (χ3n) is 2.97. The first-order chi connectivity index (χ1) is 7.92. The quantitative estimate of drug-likeness (QED) is 0.825. The average molecular weight is 242 g/mol. The van der Waals surface area contributed by atoms with Gasteiger partial charge < -0.3 is 15.0 Å². The molecule has 0 unspecified atom stereocenters. The minimum Gasteiger partial charge on any atom is -0.444 e. The summed E-state index contributed by atoms with van der Waals surface area (Å²) in [7, 11) is 0. The van der Waals surface area contributed by atoms with Crippen molar-refractivity contribution in [2.75, 3.05) is 26.2 Å². The van der Waals surface area contributed by atoms with Crippen molar-refractivity contribution >= 4 is 6.09 Å². The zero-order valence-electron chi connectivity index (χ0n) is 11.6. The van der Waals surface area contributed by atoms with Crippen molar-refractivity contribution in [3.8, 4) is 0 Å². The van der Waals surface area contributed by atoms with Crippen LogP contribution in [0.5, 0.6) is 0 Å². The van der Waals surface area contributed by atoms with Crippen LogP contribution in [0, 0.1) is 5.92 Å². The molecular formula is C13H26N2O2. The molecule has 1 N–H and O–H groups in total. The first-order valence-electron chi connectivity index (χ1n) is 6.61. The zero-order chi connectivity index (χ0) is 12.9. The maximum absolute atomic E-state index is 12.0. The molecule has 1 rings (SSSR count). The molecule has 4 nitrogen and oxygen atoms in total. The monoisotopic (exact) mass is 242 g/mol. The van der Waals surface area contributed by atoms with Crippen molar-refractivity contribution in [1.29, 1.82) is 0 Å². The number of carbonyl (C=O) groups is 1. The van der Waals surface area contributed by atoms with E-state index in [0.717, 1.165) is 39.0 Å². The molecule has 1 heterocycles. The van der Waals surface area contributed by atoms with Crippen molar-refractivity contribution in [3.05, 3.63) is 0 Å². The van der Waals surface area contributed by atoms with Crippen molar-refractivity contribution in [2.45, 2.75) is 46.1 Å². The Hall–Kier alpha value is -0.770. The van der Waals surface area contributed by atoms with Crippen LogP contribution < -0.4 is 5.32 Å². The maximum Gasteiger partial charge on any atom is 0.410 e. The molecule has 0 aromatic rings. The Kier molecular flexibility index (Phi) is 5.25. The molecule has 0 bridgehead atoms. The predicted octanol–water partition coefficient (Wildman–Crippen LogP) is 2.24. The second-order valence-corrected chi connectivity index (χ2v) is 5.71. The van der Waals surface area contributed by atoms with E-state index in [1.165, 1.54) is 0 Å². The van der Waals surface area contributed by atoms with Crippen LogP contribution in [-0.4, -0.2) is 42.8 Å². The fraction of sp³-hybridized carbons (Fsp3) is 0.923. The second-order valence-electron chi connectivity index (χ2n) is 5.71. The minimum absolute atomic E-state index is 0.182. The maximum atomic E-state index is 12.0. The third-order valence-corrected chi connectivity index (χ3v) is 2.97. The number of nitrogens with one attached hydrogen (secondary N) is 1. The van der Waals surface area contributed by atoms with Gasteiger partial charge in [-0.05, 0) is 59.5 Å². The van der Waals surface area contributed by atoms with E-state index >= 15 is 0 Å². The lowest BCUT2D eigenvalue weighted by molar-refractivity contribution is 0.0222. The Bertz CT molecular complexity index is 242. The largest absolute Gasteiger partial charge is 0.444 e. The lowest BCUT2D eigenvalue weighted by Crippen LogP contribution is -2.41. The number of amides is 1. The molecule has 0 aliphatic carbocycles. The van der Waals surface area contributed by atoms with Crippen LogP contribution in [0.2, 0.25) is 0 Å². The van der Waals surface area contributed by atoms with Crippen LogP contribution >= 0.6 is 0 Å². The number of rotatable bonds is 3. The number of piperidine rings is 1. The molecule has 0 saturated carbocycles. The smallest absolute Gasteiger partial charge is 0.410 e. The standard InChI is InChI=1S/C13H26N2O2/c1-5-15(12(16)17-13(2,3)4)10-11-6-8-14-9-7-11/h11,14H,5-10H2,1-4H3.